The molecular weight excluding hydrogens is 254 g/mol. The van der Waals surface area contributed by atoms with E-state index in [4.69, 9.17) is 15.1 Å². The van der Waals surface area contributed by atoms with Gasteiger partial charge in [0.25, 0.3) is 0 Å². The number of carboxylic acids is 1. The fourth-order valence-electron chi connectivity index (χ4n) is 2.11. The Kier molecular flexibility index (Phi) is 4.09. The van der Waals surface area contributed by atoms with E-state index in [2.05, 4.69) is 6.07 Å². The Bertz CT molecular complexity index is 580. The van der Waals surface area contributed by atoms with E-state index in [0.717, 1.165) is 30.0 Å². The minimum atomic E-state index is -0.986. The SMILES string of the molecule is Cc1cccc(/C=C/C(=O)O)c1OCC1(CC#N)CC1. The fraction of sp³-hybridized carbons (Fsp3) is 0.375. The molecule has 1 aromatic carbocycles. The summed E-state index contributed by atoms with van der Waals surface area (Å²) in [6.45, 7) is 2.44. The largest absolute Gasteiger partial charge is 0.492 e. The van der Waals surface area contributed by atoms with E-state index in [1.165, 1.54) is 6.08 Å². The summed E-state index contributed by atoms with van der Waals surface area (Å²) in [7, 11) is 0. The highest BCUT2D eigenvalue weighted by atomic mass is 16.5. The van der Waals surface area contributed by atoms with Crippen molar-refractivity contribution in [2.24, 2.45) is 5.41 Å². The van der Waals surface area contributed by atoms with Gasteiger partial charge in [-0.3, -0.25) is 0 Å². The van der Waals surface area contributed by atoms with Crippen molar-refractivity contribution in [1.82, 2.24) is 0 Å². The van der Waals surface area contributed by atoms with Crippen molar-refractivity contribution in [3.63, 3.8) is 0 Å². The predicted octanol–water partition coefficient (Wildman–Crippen LogP) is 3.17. The number of nitriles is 1. The number of para-hydroxylation sites is 1. The van der Waals surface area contributed by atoms with E-state index in [-0.39, 0.29) is 5.41 Å². The van der Waals surface area contributed by atoms with Crippen LogP contribution < -0.4 is 4.74 Å². The van der Waals surface area contributed by atoms with E-state index in [9.17, 15) is 4.79 Å². The van der Waals surface area contributed by atoms with Crippen LogP contribution in [-0.4, -0.2) is 17.7 Å². The highest BCUT2D eigenvalue weighted by Crippen LogP contribution is 2.49. The topological polar surface area (TPSA) is 70.3 Å². The summed E-state index contributed by atoms with van der Waals surface area (Å²) in [6, 6.07) is 7.82. The Morgan fingerprint density at radius 3 is 2.90 bits per heavy atom. The summed E-state index contributed by atoms with van der Waals surface area (Å²) in [6.07, 6.45) is 5.19. The molecule has 0 unspecified atom stereocenters. The Hall–Kier alpha value is -2.28. The van der Waals surface area contributed by atoms with Gasteiger partial charge in [0.2, 0.25) is 0 Å². The van der Waals surface area contributed by atoms with Gasteiger partial charge in [-0.1, -0.05) is 18.2 Å². The Labute approximate surface area is 118 Å². The molecule has 0 radical (unpaired) electrons. The number of aliphatic carboxylic acids is 1. The molecule has 0 bridgehead atoms. The maximum atomic E-state index is 10.6. The first-order chi connectivity index (χ1) is 9.56. The van der Waals surface area contributed by atoms with Crippen molar-refractivity contribution in [3.05, 3.63) is 35.4 Å². The molecule has 1 N–H and O–H groups in total. The third-order valence-electron chi connectivity index (χ3n) is 3.58. The summed E-state index contributed by atoms with van der Waals surface area (Å²) in [5.74, 6) is -0.283. The number of nitrogens with zero attached hydrogens (tertiary/aromatic N) is 1. The number of benzene rings is 1. The van der Waals surface area contributed by atoms with Crippen molar-refractivity contribution in [3.8, 4) is 11.8 Å². The second-order valence-electron chi connectivity index (χ2n) is 5.29. The van der Waals surface area contributed by atoms with Gasteiger partial charge in [0.1, 0.15) is 5.75 Å². The van der Waals surface area contributed by atoms with Crippen molar-refractivity contribution in [2.75, 3.05) is 6.61 Å². The lowest BCUT2D eigenvalue weighted by molar-refractivity contribution is -0.131. The zero-order valence-corrected chi connectivity index (χ0v) is 11.4. The Morgan fingerprint density at radius 2 is 2.30 bits per heavy atom. The van der Waals surface area contributed by atoms with Crippen LogP contribution in [0.2, 0.25) is 0 Å². The van der Waals surface area contributed by atoms with Crippen LogP contribution >= 0.6 is 0 Å². The van der Waals surface area contributed by atoms with E-state index in [0.29, 0.717) is 18.8 Å². The molecule has 0 aromatic heterocycles. The van der Waals surface area contributed by atoms with Gasteiger partial charge in [-0.2, -0.15) is 5.26 Å². The molecule has 4 heteroatoms. The van der Waals surface area contributed by atoms with Crippen molar-refractivity contribution >= 4 is 12.0 Å². The van der Waals surface area contributed by atoms with Crippen molar-refractivity contribution in [2.45, 2.75) is 26.2 Å². The smallest absolute Gasteiger partial charge is 0.328 e. The van der Waals surface area contributed by atoms with E-state index in [1.54, 1.807) is 0 Å². The normalized spacial score (nSPS) is 15.8. The molecule has 2 rings (SSSR count). The number of hydrogen-bond donors (Lipinski definition) is 1. The number of ether oxygens (including phenoxy) is 1. The molecule has 0 heterocycles. The van der Waals surface area contributed by atoms with Crippen molar-refractivity contribution < 1.29 is 14.6 Å². The van der Waals surface area contributed by atoms with E-state index < -0.39 is 5.97 Å². The lowest BCUT2D eigenvalue weighted by Crippen LogP contribution is -2.13. The summed E-state index contributed by atoms with van der Waals surface area (Å²) in [5.41, 5.74) is 1.72. The summed E-state index contributed by atoms with van der Waals surface area (Å²) in [4.78, 5) is 10.6. The van der Waals surface area contributed by atoms with Crippen LogP contribution in [0.5, 0.6) is 5.75 Å². The highest BCUT2D eigenvalue weighted by molar-refractivity contribution is 5.86. The minimum Gasteiger partial charge on any atom is -0.492 e. The van der Waals surface area contributed by atoms with Gasteiger partial charge in [-0.15, -0.1) is 0 Å². The molecule has 0 spiro atoms. The van der Waals surface area contributed by atoms with Crippen LogP contribution in [0.4, 0.5) is 0 Å². The number of hydrogen-bond acceptors (Lipinski definition) is 3. The van der Waals surface area contributed by atoms with E-state index >= 15 is 0 Å². The average molecular weight is 271 g/mol. The highest BCUT2D eigenvalue weighted by Gasteiger charge is 2.43. The van der Waals surface area contributed by atoms with Gasteiger partial charge < -0.3 is 9.84 Å². The molecule has 1 aliphatic rings. The van der Waals surface area contributed by atoms with Gasteiger partial charge in [-0.25, -0.2) is 4.79 Å². The molecular formula is C16H17NO3. The molecule has 1 aliphatic carbocycles. The number of carboxylic acid groups (broad SMARTS) is 1. The summed E-state index contributed by atoms with van der Waals surface area (Å²) >= 11 is 0. The quantitative estimate of drug-likeness (QED) is 0.807. The number of aryl methyl sites for hydroxylation is 1. The zero-order valence-electron chi connectivity index (χ0n) is 11.4. The summed E-state index contributed by atoms with van der Waals surface area (Å²) < 4.78 is 5.88. The first-order valence-electron chi connectivity index (χ1n) is 6.57. The van der Waals surface area contributed by atoms with Crippen LogP contribution in [0.15, 0.2) is 24.3 Å². The lowest BCUT2D eigenvalue weighted by atomic mass is 10.0. The molecule has 4 nitrogen and oxygen atoms in total. The van der Waals surface area contributed by atoms with Gasteiger partial charge in [0, 0.05) is 23.5 Å². The second-order valence-corrected chi connectivity index (χ2v) is 5.29. The van der Waals surface area contributed by atoms with Gasteiger partial charge in [0.05, 0.1) is 12.7 Å². The molecule has 1 aromatic rings. The third-order valence-corrected chi connectivity index (χ3v) is 3.58. The molecule has 0 amide bonds. The number of rotatable bonds is 6. The summed E-state index contributed by atoms with van der Waals surface area (Å²) in [5, 5.41) is 17.5. The minimum absolute atomic E-state index is 0.00478. The van der Waals surface area contributed by atoms with Crippen molar-refractivity contribution in [1.29, 1.82) is 5.26 Å². The standard InChI is InChI=1S/C16H17NO3/c1-12-3-2-4-13(5-6-14(18)19)15(12)20-11-16(7-8-16)9-10-17/h2-6H,7-9,11H2,1H3,(H,18,19)/b6-5+. The Morgan fingerprint density at radius 1 is 1.55 bits per heavy atom. The maximum Gasteiger partial charge on any atom is 0.328 e. The lowest BCUT2D eigenvalue weighted by Gasteiger charge is -2.16. The molecule has 0 saturated heterocycles. The molecule has 1 saturated carbocycles. The van der Waals surface area contributed by atoms with Crippen LogP contribution in [0.3, 0.4) is 0 Å². The predicted molar refractivity (Wildman–Crippen MR) is 75.2 cm³/mol. The van der Waals surface area contributed by atoms with Gasteiger partial charge in [0.15, 0.2) is 0 Å². The van der Waals surface area contributed by atoms with Crippen LogP contribution in [0, 0.1) is 23.7 Å². The fourth-order valence-corrected chi connectivity index (χ4v) is 2.11. The van der Waals surface area contributed by atoms with Gasteiger partial charge >= 0.3 is 5.97 Å². The average Bonchev–Trinajstić information content (AvgIpc) is 3.16. The molecule has 1 fully saturated rings. The van der Waals surface area contributed by atoms with Crippen LogP contribution in [-0.2, 0) is 4.79 Å². The molecule has 104 valence electrons. The monoisotopic (exact) mass is 271 g/mol. The van der Waals surface area contributed by atoms with E-state index in [1.807, 2.05) is 25.1 Å². The second kappa shape index (κ2) is 5.79. The molecule has 0 aliphatic heterocycles. The van der Waals surface area contributed by atoms with Crippen LogP contribution in [0.1, 0.15) is 30.4 Å². The third kappa shape index (κ3) is 3.39. The van der Waals surface area contributed by atoms with Crippen LogP contribution in [0.25, 0.3) is 6.08 Å². The van der Waals surface area contributed by atoms with Gasteiger partial charge in [-0.05, 0) is 31.4 Å². The maximum absolute atomic E-state index is 10.6. The number of carbonyl (C=O) groups is 1. The Balaban J connectivity index is 2.14. The first kappa shape index (κ1) is 14.1. The molecule has 0 atom stereocenters. The zero-order chi connectivity index (χ0) is 14.6. The first-order valence-corrected chi connectivity index (χ1v) is 6.57. The molecule has 20 heavy (non-hydrogen) atoms.